The normalized spacial score (nSPS) is 19.8. The maximum Gasteiger partial charge on any atom is 0.246 e. The Morgan fingerprint density at radius 3 is 2.69 bits per heavy atom. The smallest absolute Gasteiger partial charge is 0.246 e. The van der Waals surface area contributed by atoms with Crippen LogP contribution in [0.5, 0.6) is 17.2 Å². The first-order valence-electron chi connectivity index (χ1n) is 9.74. The summed E-state index contributed by atoms with van der Waals surface area (Å²) in [5, 5.41) is 6.93. The van der Waals surface area contributed by atoms with E-state index in [0.29, 0.717) is 12.4 Å². The first kappa shape index (κ1) is 17.7. The van der Waals surface area contributed by atoms with Crippen molar-refractivity contribution in [3.8, 4) is 17.2 Å². The van der Waals surface area contributed by atoms with Gasteiger partial charge in [-0.3, -0.25) is 0 Å². The van der Waals surface area contributed by atoms with Crippen LogP contribution in [0.4, 0.5) is 0 Å². The van der Waals surface area contributed by atoms with E-state index in [1.807, 2.05) is 60.5 Å². The van der Waals surface area contributed by atoms with Gasteiger partial charge >= 0.3 is 0 Å². The Bertz CT molecular complexity index is 1030. The quantitative estimate of drug-likeness (QED) is 0.618. The number of rotatable bonds is 5. The van der Waals surface area contributed by atoms with E-state index in [9.17, 15) is 0 Å². The molecule has 6 nitrogen and oxygen atoms in total. The summed E-state index contributed by atoms with van der Waals surface area (Å²) in [6, 6.07) is 17.8. The number of para-hydroxylation sites is 1. The van der Waals surface area contributed by atoms with Gasteiger partial charge in [0.15, 0.2) is 17.3 Å². The highest BCUT2D eigenvalue weighted by molar-refractivity contribution is 6.02. The van der Waals surface area contributed by atoms with E-state index in [-0.39, 0.29) is 6.04 Å². The van der Waals surface area contributed by atoms with Crippen LogP contribution in [-0.4, -0.2) is 24.4 Å². The molecule has 0 bridgehead atoms. The molecule has 3 aromatic rings. The van der Waals surface area contributed by atoms with Gasteiger partial charge in [0, 0.05) is 12.0 Å². The second kappa shape index (κ2) is 7.20. The van der Waals surface area contributed by atoms with Gasteiger partial charge in [0.25, 0.3) is 0 Å². The standard InChI is InChI=1S/C23H22N2O4/c1-3-27-20-7-4-6-17-19-14-18(15-9-11-16(26-2)12-10-15)24-25(19)23(29-22(17)20)21-8-5-13-28-21/h4-13,19,23H,3,14H2,1-2H3/t19-,23-/m0/s1. The lowest BCUT2D eigenvalue weighted by atomic mass is 9.96. The largest absolute Gasteiger partial charge is 0.497 e. The van der Waals surface area contributed by atoms with Crippen molar-refractivity contribution < 1.29 is 18.6 Å². The lowest BCUT2D eigenvalue weighted by Gasteiger charge is -2.37. The molecule has 2 aliphatic rings. The molecule has 0 amide bonds. The fourth-order valence-corrected chi connectivity index (χ4v) is 3.93. The maximum absolute atomic E-state index is 6.37. The van der Waals surface area contributed by atoms with Gasteiger partial charge in [-0.25, -0.2) is 5.01 Å². The second-order valence-electron chi connectivity index (χ2n) is 6.97. The van der Waals surface area contributed by atoms with Crippen LogP contribution in [0.2, 0.25) is 0 Å². The summed E-state index contributed by atoms with van der Waals surface area (Å²) in [6.45, 7) is 2.55. The third-order valence-electron chi connectivity index (χ3n) is 5.29. The van der Waals surface area contributed by atoms with Crippen LogP contribution in [0.25, 0.3) is 0 Å². The van der Waals surface area contributed by atoms with Crippen LogP contribution in [0.3, 0.4) is 0 Å². The summed E-state index contributed by atoms with van der Waals surface area (Å²) < 4.78 is 23.2. The Kier molecular flexibility index (Phi) is 4.39. The first-order chi connectivity index (χ1) is 14.3. The third-order valence-corrected chi connectivity index (χ3v) is 5.29. The molecular formula is C23H22N2O4. The number of fused-ring (bicyclic) bond motifs is 3. The zero-order valence-electron chi connectivity index (χ0n) is 16.4. The summed E-state index contributed by atoms with van der Waals surface area (Å²) >= 11 is 0. The molecule has 0 radical (unpaired) electrons. The van der Waals surface area contributed by atoms with Crippen molar-refractivity contribution in [3.05, 3.63) is 77.7 Å². The Morgan fingerprint density at radius 2 is 1.97 bits per heavy atom. The highest BCUT2D eigenvalue weighted by Crippen LogP contribution is 2.50. The summed E-state index contributed by atoms with van der Waals surface area (Å²) in [5.41, 5.74) is 3.15. The van der Waals surface area contributed by atoms with Crippen molar-refractivity contribution in [2.24, 2.45) is 5.10 Å². The van der Waals surface area contributed by atoms with Crippen LogP contribution in [0.1, 0.15) is 42.5 Å². The van der Waals surface area contributed by atoms with E-state index in [2.05, 4.69) is 6.07 Å². The zero-order valence-corrected chi connectivity index (χ0v) is 16.4. The number of ether oxygens (including phenoxy) is 3. The highest BCUT2D eigenvalue weighted by atomic mass is 16.5. The van der Waals surface area contributed by atoms with Crippen LogP contribution < -0.4 is 14.2 Å². The lowest BCUT2D eigenvalue weighted by molar-refractivity contribution is -0.0344. The van der Waals surface area contributed by atoms with Crippen LogP contribution >= 0.6 is 0 Å². The summed E-state index contributed by atoms with van der Waals surface area (Å²) in [5.74, 6) is 3.06. The predicted octanol–water partition coefficient (Wildman–Crippen LogP) is 4.93. The molecule has 148 valence electrons. The van der Waals surface area contributed by atoms with Gasteiger partial charge in [0.05, 0.1) is 31.7 Å². The highest BCUT2D eigenvalue weighted by Gasteiger charge is 2.43. The minimum Gasteiger partial charge on any atom is -0.497 e. The average Bonchev–Trinajstić information content (AvgIpc) is 3.44. The van der Waals surface area contributed by atoms with Gasteiger partial charge in [0.1, 0.15) is 5.75 Å². The predicted molar refractivity (Wildman–Crippen MR) is 108 cm³/mol. The summed E-state index contributed by atoms with van der Waals surface area (Å²) in [6.07, 6.45) is 1.98. The van der Waals surface area contributed by atoms with Gasteiger partial charge in [0.2, 0.25) is 6.23 Å². The molecule has 0 fully saturated rings. The topological polar surface area (TPSA) is 56.4 Å². The Hall–Kier alpha value is -3.41. The molecule has 5 rings (SSSR count). The fraction of sp³-hybridized carbons (Fsp3) is 0.261. The minimum atomic E-state index is -0.445. The molecule has 0 N–H and O–H groups in total. The molecule has 0 saturated carbocycles. The molecule has 1 aromatic heterocycles. The second-order valence-corrected chi connectivity index (χ2v) is 6.97. The van der Waals surface area contributed by atoms with Crippen molar-refractivity contribution >= 4 is 5.71 Å². The van der Waals surface area contributed by atoms with E-state index in [1.54, 1.807) is 13.4 Å². The molecule has 29 heavy (non-hydrogen) atoms. The van der Waals surface area contributed by atoms with E-state index >= 15 is 0 Å². The molecular weight excluding hydrogens is 368 g/mol. The summed E-state index contributed by atoms with van der Waals surface area (Å²) in [7, 11) is 1.67. The van der Waals surface area contributed by atoms with E-state index in [4.69, 9.17) is 23.7 Å². The van der Waals surface area contributed by atoms with Crippen molar-refractivity contribution in [2.75, 3.05) is 13.7 Å². The minimum absolute atomic E-state index is 0.0476. The van der Waals surface area contributed by atoms with E-state index < -0.39 is 6.23 Å². The number of nitrogens with zero attached hydrogens (tertiary/aromatic N) is 2. The van der Waals surface area contributed by atoms with Crippen molar-refractivity contribution in [3.63, 3.8) is 0 Å². The number of hydrogen-bond acceptors (Lipinski definition) is 6. The molecule has 0 aliphatic carbocycles. The van der Waals surface area contributed by atoms with E-state index in [0.717, 1.165) is 40.5 Å². The third kappa shape index (κ3) is 3.01. The molecule has 2 atom stereocenters. The molecule has 2 aromatic carbocycles. The van der Waals surface area contributed by atoms with Crippen LogP contribution in [0.15, 0.2) is 70.4 Å². The average molecular weight is 390 g/mol. The van der Waals surface area contributed by atoms with Gasteiger partial charge in [-0.2, -0.15) is 5.10 Å². The van der Waals surface area contributed by atoms with Crippen molar-refractivity contribution in [2.45, 2.75) is 25.6 Å². The molecule has 2 aliphatic heterocycles. The molecule has 3 heterocycles. The number of hydrogen-bond donors (Lipinski definition) is 0. The molecule has 0 unspecified atom stereocenters. The maximum atomic E-state index is 6.37. The van der Waals surface area contributed by atoms with Crippen molar-refractivity contribution in [1.82, 2.24) is 5.01 Å². The van der Waals surface area contributed by atoms with Gasteiger partial charge in [-0.1, -0.05) is 12.1 Å². The number of hydrazone groups is 1. The van der Waals surface area contributed by atoms with Crippen LogP contribution in [0, 0.1) is 0 Å². The van der Waals surface area contributed by atoms with E-state index in [1.165, 1.54) is 0 Å². The Balaban J connectivity index is 1.57. The van der Waals surface area contributed by atoms with Gasteiger partial charge in [-0.05, 0) is 55.0 Å². The Labute approximate surface area is 169 Å². The fourth-order valence-electron chi connectivity index (χ4n) is 3.93. The van der Waals surface area contributed by atoms with Crippen LogP contribution in [-0.2, 0) is 0 Å². The monoisotopic (exact) mass is 390 g/mol. The molecule has 6 heteroatoms. The van der Waals surface area contributed by atoms with Crippen molar-refractivity contribution in [1.29, 1.82) is 0 Å². The first-order valence-corrected chi connectivity index (χ1v) is 9.74. The van der Waals surface area contributed by atoms with Gasteiger partial charge in [-0.15, -0.1) is 0 Å². The SMILES string of the molecule is CCOc1cccc2c1O[C@@H](c1ccco1)N1N=C(c3ccc(OC)cc3)C[C@@H]21. The molecule has 0 spiro atoms. The molecule has 0 saturated heterocycles. The Morgan fingerprint density at radius 1 is 1.10 bits per heavy atom. The number of methoxy groups -OCH3 is 1. The summed E-state index contributed by atoms with van der Waals surface area (Å²) in [4.78, 5) is 0. The zero-order chi connectivity index (χ0) is 19.8. The lowest BCUT2D eigenvalue weighted by Crippen LogP contribution is -2.33. The van der Waals surface area contributed by atoms with Gasteiger partial charge < -0.3 is 18.6 Å². The number of furan rings is 1. The number of benzene rings is 2.